The number of furan rings is 1. The molecule has 0 aliphatic carbocycles. The number of carbonyl (C=O) groups excluding carboxylic acids is 3. The van der Waals surface area contributed by atoms with Crippen LogP contribution in [0.3, 0.4) is 0 Å². The van der Waals surface area contributed by atoms with E-state index in [0.29, 0.717) is 11.4 Å². The molecule has 0 bridgehead atoms. The number of hydrogen-bond acceptors (Lipinski definition) is 5. The number of benzene rings is 1. The summed E-state index contributed by atoms with van der Waals surface area (Å²) >= 11 is 0. The number of carbonyl (C=O) groups is 3. The monoisotopic (exact) mass is 333 g/mol. The van der Waals surface area contributed by atoms with Crippen molar-refractivity contribution in [1.29, 1.82) is 0 Å². The third-order valence-electron chi connectivity index (χ3n) is 3.75. The first-order valence-electron chi connectivity index (χ1n) is 7.44. The summed E-state index contributed by atoms with van der Waals surface area (Å²) in [7, 11) is 0. The van der Waals surface area contributed by atoms with Gasteiger partial charge in [-0.2, -0.15) is 0 Å². The van der Waals surface area contributed by atoms with Crippen LogP contribution < -0.4 is 10.2 Å². The topological polar surface area (TPSA) is 92.5 Å². The molecule has 0 unspecified atom stereocenters. The number of hydrogen-bond donors (Lipinski definition) is 1. The van der Waals surface area contributed by atoms with Crippen molar-refractivity contribution in [2.75, 3.05) is 10.2 Å². The Kier molecular flexibility index (Phi) is 3.39. The normalized spacial score (nSPS) is 13.0. The lowest BCUT2D eigenvalue weighted by molar-refractivity contribution is 0.0923. The van der Waals surface area contributed by atoms with Crippen molar-refractivity contribution >= 4 is 29.1 Å². The summed E-state index contributed by atoms with van der Waals surface area (Å²) in [5, 5.41) is 2.66. The van der Waals surface area contributed by atoms with E-state index < -0.39 is 17.7 Å². The summed E-state index contributed by atoms with van der Waals surface area (Å²) in [5.41, 5.74) is 1.17. The molecule has 0 spiro atoms. The third kappa shape index (κ3) is 2.47. The molecule has 0 atom stereocenters. The number of pyridine rings is 1. The highest BCUT2D eigenvalue weighted by Crippen LogP contribution is 2.28. The highest BCUT2D eigenvalue weighted by Gasteiger charge is 2.37. The molecule has 7 heteroatoms. The molecule has 3 heterocycles. The number of imide groups is 1. The lowest BCUT2D eigenvalue weighted by atomic mass is 10.2. The van der Waals surface area contributed by atoms with Crippen LogP contribution in [0.2, 0.25) is 0 Å². The molecule has 3 amide bonds. The molecular weight excluding hydrogens is 322 g/mol. The number of nitrogens with one attached hydrogen (secondary N) is 1. The standard InChI is InChI=1S/C18H11N3O4/c22-16(14-7-3-9-25-14)20-11-4-1-5-12(10-11)21-17(23)13-6-2-8-19-15(13)18(21)24/h1-10H,(H,20,22). The second-order valence-electron chi connectivity index (χ2n) is 5.33. The molecule has 3 aromatic rings. The summed E-state index contributed by atoms with van der Waals surface area (Å²) in [6.07, 6.45) is 2.87. The maximum Gasteiger partial charge on any atom is 0.291 e. The molecule has 122 valence electrons. The van der Waals surface area contributed by atoms with E-state index in [0.717, 1.165) is 4.90 Å². The molecule has 0 radical (unpaired) electrons. The van der Waals surface area contributed by atoms with E-state index >= 15 is 0 Å². The first-order chi connectivity index (χ1) is 12.1. The minimum Gasteiger partial charge on any atom is -0.459 e. The summed E-state index contributed by atoms with van der Waals surface area (Å²) in [5.74, 6) is -1.20. The van der Waals surface area contributed by atoms with Gasteiger partial charge in [0.25, 0.3) is 17.7 Å². The highest BCUT2D eigenvalue weighted by atomic mass is 16.3. The van der Waals surface area contributed by atoms with Gasteiger partial charge in [-0.05, 0) is 42.5 Å². The fourth-order valence-corrected chi connectivity index (χ4v) is 2.62. The van der Waals surface area contributed by atoms with E-state index in [1.165, 1.54) is 18.5 Å². The zero-order valence-corrected chi connectivity index (χ0v) is 12.8. The van der Waals surface area contributed by atoms with E-state index in [4.69, 9.17) is 4.42 Å². The first-order valence-corrected chi connectivity index (χ1v) is 7.44. The fraction of sp³-hybridized carbons (Fsp3) is 0. The quantitative estimate of drug-likeness (QED) is 0.744. The lowest BCUT2D eigenvalue weighted by Crippen LogP contribution is -2.29. The van der Waals surface area contributed by atoms with Crippen LogP contribution in [-0.4, -0.2) is 22.7 Å². The van der Waals surface area contributed by atoms with Crippen molar-refractivity contribution in [3.05, 3.63) is 78.0 Å². The molecule has 25 heavy (non-hydrogen) atoms. The van der Waals surface area contributed by atoms with Crippen molar-refractivity contribution in [2.24, 2.45) is 0 Å². The molecule has 2 aromatic heterocycles. The van der Waals surface area contributed by atoms with Gasteiger partial charge in [-0.15, -0.1) is 0 Å². The third-order valence-corrected chi connectivity index (χ3v) is 3.75. The molecule has 1 aromatic carbocycles. The number of nitrogens with zero attached hydrogens (tertiary/aromatic N) is 2. The molecule has 1 aliphatic rings. The van der Waals surface area contributed by atoms with Crippen LogP contribution in [-0.2, 0) is 0 Å². The van der Waals surface area contributed by atoms with Crippen LogP contribution in [0.15, 0.2) is 65.4 Å². The van der Waals surface area contributed by atoms with E-state index in [1.54, 1.807) is 42.5 Å². The lowest BCUT2D eigenvalue weighted by Gasteiger charge is -2.14. The molecule has 0 saturated heterocycles. The Balaban J connectivity index is 1.63. The number of fused-ring (bicyclic) bond motifs is 1. The Morgan fingerprint density at radius 2 is 1.92 bits per heavy atom. The van der Waals surface area contributed by atoms with Crippen LogP contribution in [0.5, 0.6) is 0 Å². The first kappa shape index (κ1) is 14.8. The Morgan fingerprint density at radius 1 is 1.04 bits per heavy atom. The van der Waals surface area contributed by atoms with E-state index in [9.17, 15) is 14.4 Å². The van der Waals surface area contributed by atoms with Crippen molar-refractivity contribution in [2.45, 2.75) is 0 Å². The zero-order valence-electron chi connectivity index (χ0n) is 12.8. The van der Waals surface area contributed by atoms with Gasteiger partial charge in [-0.1, -0.05) is 6.07 Å². The highest BCUT2D eigenvalue weighted by molar-refractivity contribution is 6.33. The van der Waals surface area contributed by atoms with E-state index in [-0.39, 0.29) is 17.0 Å². The largest absolute Gasteiger partial charge is 0.459 e. The van der Waals surface area contributed by atoms with Gasteiger partial charge in [0, 0.05) is 11.9 Å². The molecule has 7 nitrogen and oxygen atoms in total. The second kappa shape index (κ2) is 5.72. The van der Waals surface area contributed by atoms with Crippen LogP contribution in [0, 0.1) is 0 Å². The Bertz CT molecular complexity index is 960. The SMILES string of the molecule is O=C(Nc1cccc(N2C(=O)c3cccnc3C2=O)c1)c1ccco1. The van der Waals surface area contributed by atoms with Gasteiger partial charge in [-0.3, -0.25) is 19.4 Å². The predicted molar refractivity (Wildman–Crippen MR) is 88.5 cm³/mol. The number of anilines is 2. The molecular formula is C18H11N3O4. The number of aromatic nitrogens is 1. The molecule has 0 saturated carbocycles. The fourth-order valence-electron chi connectivity index (χ4n) is 2.62. The van der Waals surface area contributed by atoms with Crippen LogP contribution in [0.25, 0.3) is 0 Å². The van der Waals surface area contributed by atoms with Gasteiger partial charge in [-0.25, -0.2) is 4.90 Å². The second-order valence-corrected chi connectivity index (χ2v) is 5.33. The molecule has 1 aliphatic heterocycles. The Labute approximate surface area is 141 Å². The number of rotatable bonds is 3. The van der Waals surface area contributed by atoms with E-state index in [2.05, 4.69) is 10.3 Å². The van der Waals surface area contributed by atoms with Crippen molar-refractivity contribution in [3.63, 3.8) is 0 Å². The summed E-state index contributed by atoms with van der Waals surface area (Å²) < 4.78 is 5.03. The van der Waals surface area contributed by atoms with Crippen LogP contribution in [0.4, 0.5) is 11.4 Å². The van der Waals surface area contributed by atoms with Crippen LogP contribution in [0.1, 0.15) is 31.4 Å². The summed E-state index contributed by atoms with van der Waals surface area (Å²) in [6, 6.07) is 12.8. The average Bonchev–Trinajstić information content (AvgIpc) is 3.24. The number of amides is 3. The van der Waals surface area contributed by atoms with Gasteiger partial charge in [0.05, 0.1) is 17.5 Å². The van der Waals surface area contributed by atoms with Crippen molar-refractivity contribution in [1.82, 2.24) is 4.98 Å². The molecule has 0 fully saturated rings. The average molecular weight is 333 g/mol. The minimum absolute atomic E-state index is 0.123. The van der Waals surface area contributed by atoms with Gasteiger partial charge in [0.15, 0.2) is 5.76 Å². The zero-order chi connectivity index (χ0) is 17.4. The Morgan fingerprint density at radius 3 is 2.68 bits per heavy atom. The summed E-state index contributed by atoms with van der Waals surface area (Å²) in [6.45, 7) is 0. The smallest absolute Gasteiger partial charge is 0.291 e. The minimum atomic E-state index is -0.491. The van der Waals surface area contributed by atoms with Gasteiger partial charge in [0.1, 0.15) is 5.69 Å². The van der Waals surface area contributed by atoms with Crippen LogP contribution >= 0.6 is 0 Å². The maximum absolute atomic E-state index is 12.5. The van der Waals surface area contributed by atoms with Crippen molar-refractivity contribution < 1.29 is 18.8 Å². The molecule has 1 N–H and O–H groups in total. The van der Waals surface area contributed by atoms with Gasteiger partial charge in [0.2, 0.25) is 0 Å². The maximum atomic E-state index is 12.5. The summed E-state index contributed by atoms with van der Waals surface area (Å²) in [4.78, 5) is 42.0. The predicted octanol–water partition coefficient (Wildman–Crippen LogP) is 2.73. The van der Waals surface area contributed by atoms with Gasteiger partial charge < -0.3 is 9.73 Å². The Hall–Kier alpha value is -3.74. The van der Waals surface area contributed by atoms with E-state index in [1.807, 2.05) is 0 Å². The molecule has 4 rings (SSSR count). The van der Waals surface area contributed by atoms with Gasteiger partial charge >= 0.3 is 0 Å². The van der Waals surface area contributed by atoms with Crippen molar-refractivity contribution in [3.8, 4) is 0 Å².